The highest BCUT2D eigenvalue weighted by molar-refractivity contribution is 5.87. The van der Waals surface area contributed by atoms with Crippen molar-refractivity contribution in [3.8, 4) is 23.2 Å². The normalized spacial score (nSPS) is 11.0. The number of hydrogen-bond donors (Lipinski definition) is 0. The van der Waals surface area contributed by atoms with Crippen LogP contribution in [0.15, 0.2) is 38.4 Å². The second-order valence-electron chi connectivity index (χ2n) is 4.94. The molecule has 8 nitrogen and oxygen atoms in total. The molecule has 3 heterocycles. The monoisotopic (exact) mass is 303 g/mol. The van der Waals surface area contributed by atoms with Gasteiger partial charge in [0.15, 0.2) is 23.5 Å². The van der Waals surface area contributed by atoms with Crippen molar-refractivity contribution in [2.75, 3.05) is 6.61 Å². The predicted molar refractivity (Wildman–Crippen MR) is 72.6 cm³/mol. The topological polar surface area (TPSA) is 104 Å². The van der Waals surface area contributed by atoms with Crippen LogP contribution < -0.4 is 0 Å². The van der Waals surface area contributed by atoms with Crippen molar-refractivity contribution in [2.24, 2.45) is 5.92 Å². The molecule has 22 heavy (non-hydrogen) atoms. The Morgan fingerprint density at radius 3 is 2.64 bits per heavy atom. The van der Waals surface area contributed by atoms with E-state index in [9.17, 15) is 4.79 Å². The van der Waals surface area contributed by atoms with Crippen molar-refractivity contribution in [1.82, 2.24) is 15.0 Å². The number of ether oxygens (including phenoxy) is 1. The summed E-state index contributed by atoms with van der Waals surface area (Å²) in [7, 11) is 0. The highest BCUT2D eigenvalue weighted by Gasteiger charge is 2.18. The van der Waals surface area contributed by atoms with Gasteiger partial charge in [-0.1, -0.05) is 13.8 Å². The van der Waals surface area contributed by atoms with Crippen LogP contribution >= 0.6 is 0 Å². The number of nitrogens with zero attached hydrogens (tertiary/aromatic N) is 3. The van der Waals surface area contributed by atoms with E-state index in [2.05, 4.69) is 15.0 Å². The second-order valence-corrected chi connectivity index (χ2v) is 4.94. The molecule has 0 N–H and O–H groups in total. The molecule has 0 aliphatic carbocycles. The molecule has 3 aromatic heterocycles. The van der Waals surface area contributed by atoms with E-state index in [1.165, 1.54) is 25.2 Å². The van der Waals surface area contributed by atoms with Crippen LogP contribution in [-0.4, -0.2) is 27.5 Å². The molecule has 3 rings (SSSR count). The van der Waals surface area contributed by atoms with Gasteiger partial charge in [0, 0.05) is 0 Å². The Balaban J connectivity index is 1.75. The zero-order valence-corrected chi connectivity index (χ0v) is 12.0. The van der Waals surface area contributed by atoms with E-state index in [4.69, 9.17) is 18.0 Å². The first-order chi connectivity index (χ1) is 10.6. The number of carbonyl (C=O) groups excluding carboxylic acids is 1. The van der Waals surface area contributed by atoms with E-state index >= 15 is 0 Å². The second kappa shape index (κ2) is 5.84. The molecule has 0 fully saturated rings. The Hall–Kier alpha value is -2.90. The number of rotatable bonds is 5. The molecule has 0 bridgehead atoms. The van der Waals surface area contributed by atoms with Crippen molar-refractivity contribution in [3.05, 3.63) is 30.9 Å². The third-order valence-corrected chi connectivity index (χ3v) is 2.64. The van der Waals surface area contributed by atoms with Gasteiger partial charge in [-0.05, 0) is 5.92 Å². The first-order valence-electron chi connectivity index (χ1n) is 6.60. The lowest BCUT2D eigenvalue weighted by atomic mass is 10.2. The molecule has 0 spiro atoms. The van der Waals surface area contributed by atoms with E-state index in [1.807, 2.05) is 13.8 Å². The van der Waals surface area contributed by atoms with Crippen molar-refractivity contribution < 1.29 is 22.8 Å². The third-order valence-electron chi connectivity index (χ3n) is 2.64. The summed E-state index contributed by atoms with van der Waals surface area (Å²) in [5.41, 5.74) is 0.886. The fourth-order valence-electron chi connectivity index (χ4n) is 1.61. The first-order valence-corrected chi connectivity index (χ1v) is 6.60. The van der Waals surface area contributed by atoms with Crippen molar-refractivity contribution in [2.45, 2.75) is 13.8 Å². The molecule has 114 valence electrons. The van der Waals surface area contributed by atoms with Crippen LogP contribution in [0.1, 0.15) is 24.3 Å². The van der Waals surface area contributed by atoms with Crippen LogP contribution in [0.25, 0.3) is 23.2 Å². The number of aromatic nitrogens is 3. The van der Waals surface area contributed by atoms with E-state index in [-0.39, 0.29) is 23.4 Å². The Labute approximate surface area is 125 Å². The summed E-state index contributed by atoms with van der Waals surface area (Å²) in [5.74, 6) is 0.140. The number of oxazole rings is 3. The Kier molecular flexibility index (Phi) is 3.73. The molecule has 0 aliphatic rings. The maximum absolute atomic E-state index is 11.8. The Morgan fingerprint density at radius 2 is 1.91 bits per heavy atom. The average molecular weight is 303 g/mol. The lowest BCUT2D eigenvalue weighted by Gasteiger charge is -2.04. The standard InChI is InChI=1S/C14H13N3O5/c1-8(2)3-22-14(18)11-6-21-13(17-11)10-5-20-12(16-10)9-4-19-7-15-9/h4-8H,3H2,1-2H3. The van der Waals surface area contributed by atoms with Crippen molar-refractivity contribution in [3.63, 3.8) is 0 Å². The van der Waals surface area contributed by atoms with Crippen LogP contribution in [0.2, 0.25) is 0 Å². The molecular weight excluding hydrogens is 290 g/mol. The molecular formula is C14H13N3O5. The number of hydrogen-bond acceptors (Lipinski definition) is 8. The number of esters is 1. The number of carbonyl (C=O) groups is 1. The smallest absolute Gasteiger partial charge is 0.360 e. The zero-order chi connectivity index (χ0) is 15.5. The molecule has 0 saturated carbocycles. The molecule has 0 unspecified atom stereocenters. The first kappa shape index (κ1) is 14.1. The molecule has 3 aromatic rings. The maximum atomic E-state index is 11.8. The molecule has 0 atom stereocenters. The minimum atomic E-state index is -0.538. The summed E-state index contributed by atoms with van der Waals surface area (Å²) >= 11 is 0. The van der Waals surface area contributed by atoms with E-state index in [0.717, 1.165) is 0 Å². The summed E-state index contributed by atoms with van der Waals surface area (Å²) < 4.78 is 20.4. The lowest BCUT2D eigenvalue weighted by molar-refractivity contribution is 0.0452. The van der Waals surface area contributed by atoms with Crippen LogP contribution in [-0.2, 0) is 4.74 Å². The average Bonchev–Trinajstić information content (AvgIpc) is 3.23. The van der Waals surface area contributed by atoms with Gasteiger partial charge in [0.1, 0.15) is 18.8 Å². The molecule has 0 amide bonds. The van der Waals surface area contributed by atoms with Gasteiger partial charge in [0.25, 0.3) is 0 Å². The summed E-state index contributed by atoms with van der Waals surface area (Å²) in [4.78, 5) is 23.9. The van der Waals surface area contributed by atoms with Gasteiger partial charge in [-0.15, -0.1) is 0 Å². The van der Waals surface area contributed by atoms with Crippen LogP contribution in [0, 0.1) is 5.92 Å². The van der Waals surface area contributed by atoms with E-state index < -0.39 is 5.97 Å². The van der Waals surface area contributed by atoms with Crippen molar-refractivity contribution >= 4 is 5.97 Å². The largest absolute Gasteiger partial charge is 0.461 e. The van der Waals surface area contributed by atoms with Gasteiger partial charge in [0.05, 0.1) is 6.61 Å². The van der Waals surface area contributed by atoms with Gasteiger partial charge in [-0.25, -0.2) is 19.7 Å². The fourth-order valence-corrected chi connectivity index (χ4v) is 1.61. The molecule has 0 aliphatic heterocycles. The minimum Gasteiger partial charge on any atom is -0.461 e. The van der Waals surface area contributed by atoms with Gasteiger partial charge in [-0.2, -0.15) is 0 Å². The molecule has 0 saturated heterocycles. The van der Waals surface area contributed by atoms with Crippen LogP contribution in [0.4, 0.5) is 0 Å². The summed E-state index contributed by atoms with van der Waals surface area (Å²) in [6, 6.07) is 0. The highest BCUT2D eigenvalue weighted by atomic mass is 16.5. The quantitative estimate of drug-likeness (QED) is 0.662. The van der Waals surface area contributed by atoms with Gasteiger partial charge in [-0.3, -0.25) is 0 Å². The van der Waals surface area contributed by atoms with Crippen LogP contribution in [0.3, 0.4) is 0 Å². The Bertz CT molecular complexity index is 757. The van der Waals surface area contributed by atoms with E-state index in [1.54, 1.807) is 0 Å². The summed E-state index contributed by atoms with van der Waals surface area (Å²) in [6.07, 6.45) is 5.26. The maximum Gasteiger partial charge on any atom is 0.360 e. The third kappa shape index (κ3) is 2.90. The fraction of sp³-hybridized carbons (Fsp3) is 0.286. The lowest BCUT2D eigenvalue weighted by Crippen LogP contribution is -2.10. The molecule has 8 heteroatoms. The SMILES string of the molecule is CC(C)COC(=O)c1coc(-c2coc(-c3cocn3)n2)n1. The van der Waals surface area contributed by atoms with Gasteiger partial charge < -0.3 is 18.0 Å². The summed E-state index contributed by atoms with van der Waals surface area (Å²) in [5, 5.41) is 0. The van der Waals surface area contributed by atoms with Gasteiger partial charge in [0.2, 0.25) is 11.8 Å². The Morgan fingerprint density at radius 1 is 1.14 bits per heavy atom. The van der Waals surface area contributed by atoms with Crippen molar-refractivity contribution in [1.29, 1.82) is 0 Å². The summed E-state index contributed by atoms with van der Waals surface area (Å²) in [6.45, 7) is 4.21. The molecule has 0 aromatic carbocycles. The van der Waals surface area contributed by atoms with E-state index in [0.29, 0.717) is 18.0 Å². The van der Waals surface area contributed by atoms with Gasteiger partial charge >= 0.3 is 5.97 Å². The predicted octanol–water partition coefficient (Wildman–Crippen LogP) is 2.80. The highest BCUT2D eigenvalue weighted by Crippen LogP contribution is 2.23. The zero-order valence-electron chi connectivity index (χ0n) is 12.0. The van der Waals surface area contributed by atoms with Crippen LogP contribution in [0.5, 0.6) is 0 Å². The molecule has 0 radical (unpaired) electrons. The minimum absolute atomic E-state index is 0.0848.